The summed E-state index contributed by atoms with van der Waals surface area (Å²) in [6, 6.07) is 19.7. The number of nitrogens with zero attached hydrogens (tertiary/aromatic N) is 2. The van der Waals surface area contributed by atoms with Crippen molar-refractivity contribution in [2.45, 2.75) is 58.7 Å². The van der Waals surface area contributed by atoms with E-state index in [-0.39, 0.29) is 30.3 Å². The summed E-state index contributed by atoms with van der Waals surface area (Å²) < 4.78 is 0. The van der Waals surface area contributed by atoms with E-state index >= 15 is 0 Å². The molecule has 0 bridgehead atoms. The van der Waals surface area contributed by atoms with Gasteiger partial charge in [-0.25, -0.2) is 10.2 Å². The van der Waals surface area contributed by atoms with E-state index in [1.165, 1.54) is 0 Å². The minimum absolute atomic E-state index is 0.0294. The van der Waals surface area contributed by atoms with Crippen LogP contribution in [0.15, 0.2) is 60.7 Å². The van der Waals surface area contributed by atoms with Gasteiger partial charge in [0.05, 0.1) is 23.0 Å². The van der Waals surface area contributed by atoms with E-state index in [1.54, 1.807) is 0 Å². The van der Waals surface area contributed by atoms with Gasteiger partial charge in [0.25, 0.3) is 0 Å². The van der Waals surface area contributed by atoms with Crippen LogP contribution < -0.4 is 26.8 Å². The molecule has 5 N–H and O–H groups in total. The molecule has 10 heteroatoms. The van der Waals surface area contributed by atoms with E-state index in [0.717, 1.165) is 45.9 Å². The Kier molecular flexibility index (Phi) is 8.70. The molecular weight excluding hydrogens is 554 g/mol. The van der Waals surface area contributed by atoms with Crippen molar-refractivity contribution in [1.29, 1.82) is 0 Å². The van der Waals surface area contributed by atoms with Gasteiger partial charge < -0.3 is 31.2 Å². The average molecular weight is 596 g/mol. The quantitative estimate of drug-likeness (QED) is 0.236. The first-order chi connectivity index (χ1) is 21.4. The Labute approximate surface area is 258 Å². The van der Waals surface area contributed by atoms with Crippen molar-refractivity contribution < 1.29 is 14.4 Å². The lowest BCUT2D eigenvalue weighted by atomic mass is 9.91. The van der Waals surface area contributed by atoms with Crippen molar-refractivity contribution in [2.75, 3.05) is 41.0 Å². The molecule has 3 aromatic rings. The number of nitrogens with one attached hydrogen (secondary N) is 5. The summed E-state index contributed by atoms with van der Waals surface area (Å²) in [6.07, 6.45) is 1.99. The topological polar surface area (TPSA) is 118 Å². The third-order valence-electron chi connectivity index (χ3n) is 8.91. The zero-order valence-electron chi connectivity index (χ0n) is 25.4. The maximum Gasteiger partial charge on any atom is 0.322 e. The molecule has 1 unspecified atom stereocenters. The molecule has 44 heavy (non-hydrogen) atoms. The minimum atomic E-state index is -0.543. The highest BCUT2D eigenvalue weighted by atomic mass is 16.2. The van der Waals surface area contributed by atoms with Crippen LogP contribution in [-0.4, -0.2) is 53.3 Å². The van der Waals surface area contributed by atoms with Crippen LogP contribution in [0.3, 0.4) is 0 Å². The van der Waals surface area contributed by atoms with Gasteiger partial charge in [-0.2, -0.15) is 0 Å². The SMILES string of the molecule is CCNc1ccccc1NC(=O)C(CC(=O)N1CCC(N2Cc3ccccc3NC2=O)CC1)Cc1cc(C)c2c(c1)CNN2. The van der Waals surface area contributed by atoms with Crippen molar-refractivity contribution >= 4 is 40.6 Å². The second-order valence-corrected chi connectivity index (χ2v) is 11.9. The normalized spacial score (nSPS) is 16.8. The highest BCUT2D eigenvalue weighted by Crippen LogP contribution is 2.30. The number of anilines is 4. The molecule has 3 heterocycles. The largest absolute Gasteiger partial charge is 0.384 e. The number of urea groups is 1. The Morgan fingerprint density at radius 3 is 2.55 bits per heavy atom. The van der Waals surface area contributed by atoms with Crippen LogP contribution in [-0.2, 0) is 29.1 Å². The summed E-state index contributed by atoms with van der Waals surface area (Å²) >= 11 is 0. The van der Waals surface area contributed by atoms with Crippen molar-refractivity contribution in [3.8, 4) is 0 Å². The maximum absolute atomic E-state index is 13.8. The van der Waals surface area contributed by atoms with Gasteiger partial charge in [-0.1, -0.05) is 42.5 Å². The van der Waals surface area contributed by atoms with Crippen LogP contribution in [0.1, 0.15) is 48.4 Å². The molecule has 0 spiro atoms. The molecular formula is C34H41N7O3. The Bertz CT molecular complexity index is 1550. The Morgan fingerprint density at radius 1 is 1.00 bits per heavy atom. The molecule has 0 aliphatic carbocycles. The summed E-state index contributed by atoms with van der Waals surface area (Å²) in [7, 11) is 0. The lowest BCUT2D eigenvalue weighted by Gasteiger charge is -2.40. The van der Waals surface area contributed by atoms with Crippen LogP contribution in [0.5, 0.6) is 0 Å². The standard InChI is InChI=1S/C34H41N7O3/c1-3-35-29-10-6-7-11-30(29)37-33(43)25(17-23-16-22(2)32-26(18-23)20-36-39-32)19-31(42)40-14-12-27(13-15-40)41-21-24-8-4-5-9-28(24)38-34(41)44/h4-11,16,18,25,27,35-36,39H,3,12-15,17,19-21H2,1-2H3,(H,37,43)(H,38,44). The zero-order valence-corrected chi connectivity index (χ0v) is 25.4. The molecule has 4 amide bonds. The lowest BCUT2D eigenvalue weighted by molar-refractivity contribution is -0.136. The molecule has 3 aromatic carbocycles. The number of aryl methyl sites for hydroxylation is 1. The van der Waals surface area contributed by atoms with Crippen LogP contribution in [0.2, 0.25) is 0 Å². The molecule has 0 saturated carbocycles. The fraction of sp³-hybridized carbons (Fsp3) is 0.382. The Hall–Kier alpha value is -4.57. The number of para-hydroxylation sites is 3. The van der Waals surface area contributed by atoms with Crippen molar-refractivity contribution in [3.05, 3.63) is 82.9 Å². The number of hydrazine groups is 1. The van der Waals surface area contributed by atoms with Gasteiger partial charge in [-0.15, -0.1) is 0 Å². The molecule has 1 saturated heterocycles. The predicted molar refractivity (Wildman–Crippen MR) is 173 cm³/mol. The van der Waals surface area contributed by atoms with Gasteiger partial charge in [-0.05, 0) is 73.6 Å². The number of hydrogen-bond donors (Lipinski definition) is 5. The van der Waals surface area contributed by atoms with Crippen molar-refractivity contribution in [2.24, 2.45) is 5.92 Å². The first-order valence-corrected chi connectivity index (χ1v) is 15.6. The van der Waals surface area contributed by atoms with Gasteiger partial charge in [0.15, 0.2) is 0 Å². The summed E-state index contributed by atoms with van der Waals surface area (Å²) in [5.74, 6) is -0.742. The molecule has 6 rings (SSSR count). The van der Waals surface area contributed by atoms with Crippen molar-refractivity contribution in [3.63, 3.8) is 0 Å². The number of piperidine rings is 1. The van der Waals surface area contributed by atoms with E-state index in [1.807, 2.05) is 65.3 Å². The minimum Gasteiger partial charge on any atom is -0.384 e. The van der Waals surface area contributed by atoms with Gasteiger partial charge in [0.1, 0.15) is 0 Å². The average Bonchev–Trinajstić information content (AvgIpc) is 3.51. The monoisotopic (exact) mass is 595 g/mol. The Balaban J connectivity index is 1.14. The van der Waals surface area contributed by atoms with Gasteiger partial charge >= 0.3 is 6.03 Å². The number of carbonyl (C=O) groups is 3. The van der Waals surface area contributed by atoms with Gasteiger partial charge in [0.2, 0.25) is 11.8 Å². The smallest absolute Gasteiger partial charge is 0.322 e. The molecule has 3 aliphatic rings. The highest BCUT2D eigenvalue weighted by Gasteiger charge is 2.34. The number of amides is 4. The number of hydrogen-bond acceptors (Lipinski definition) is 6. The summed E-state index contributed by atoms with van der Waals surface area (Å²) in [5.41, 5.74) is 14.3. The van der Waals surface area contributed by atoms with Gasteiger partial charge in [-0.3, -0.25) is 9.59 Å². The summed E-state index contributed by atoms with van der Waals surface area (Å²) in [5, 5.41) is 9.41. The Morgan fingerprint density at radius 2 is 1.75 bits per heavy atom. The molecule has 0 radical (unpaired) electrons. The molecule has 10 nitrogen and oxygen atoms in total. The highest BCUT2D eigenvalue weighted by molar-refractivity contribution is 5.98. The fourth-order valence-corrected chi connectivity index (χ4v) is 6.60. The van der Waals surface area contributed by atoms with Crippen LogP contribution in [0, 0.1) is 12.8 Å². The fourth-order valence-electron chi connectivity index (χ4n) is 6.60. The molecule has 0 aromatic heterocycles. The molecule has 1 fully saturated rings. The van der Waals surface area contributed by atoms with Crippen LogP contribution in [0.4, 0.5) is 27.5 Å². The van der Waals surface area contributed by atoms with Crippen LogP contribution >= 0.6 is 0 Å². The van der Waals surface area contributed by atoms with E-state index in [9.17, 15) is 14.4 Å². The number of benzene rings is 3. The summed E-state index contributed by atoms with van der Waals surface area (Å²) in [6.45, 7) is 7.20. The van der Waals surface area contributed by atoms with Crippen LogP contribution in [0.25, 0.3) is 0 Å². The first kappa shape index (κ1) is 29.5. The molecule has 230 valence electrons. The third kappa shape index (κ3) is 6.35. The number of likely N-dealkylation sites (tertiary alicyclic amines) is 1. The predicted octanol–water partition coefficient (Wildman–Crippen LogP) is 5.08. The van der Waals surface area contributed by atoms with E-state index in [4.69, 9.17) is 0 Å². The second-order valence-electron chi connectivity index (χ2n) is 11.9. The number of carbonyl (C=O) groups excluding carboxylic acids is 3. The van der Waals surface area contributed by atoms with E-state index in [2.05, 4.69) is 45.9 Å². The first-order valence-electron chi connectivity index (χ1n) is 15.6. The zero-order chi connectivity index (χ0) is 30.6. The third-order valence-corrected chi connectivity index (χ3v) is 8.91. The maximum atomic E-state index is 13.8. The number of fused-ring (bicyclic) bond motifs is 2. The molecule has 3 aliphatic heterocycles. The second kappa shape index (κ2) is 13.0. The van der Waals surface area contributed by atoms with Crippen molar-refractivity contribution in [1.82, 2.24) is 15.2 Å². The summed E-state index contributed by atoms with van der Waals surface area (Å²) in [4.78, 5) is 44.1. The van der Waals surface area contributed by atoms with E-state index < -0.39 is 5.92 Å². The van der Waals surface area contributed by atoms with E-state index in [0.29, 0.717) is 51.1 Å². The number of rotatable bonds is 9. The lowest BCUT2D eigenvalue weighted by Crippen LogP contribution is -2.51. The molecule has 1 atom stereocenters. The van der Waals surface area contributed by atoms with Gasteiger partial charge in [0, 0.05) is 50.9 Å².